The van der Waals surface area contributed by atoms with Crippen molar-refractivity contribution in [2.75, 3.05) is 7.11 Å². The van der Waals surface area contributed by atoms with Gasteiger partial charge in [0.2, 0.25) is 0 Å². The number of benzene rings is 2. The molecule has 0 aliphatic rings. The maximum atomic E-state index is 13.2. The van der Waals surface area contributed by atoms with E-state index in [0.717, 1.165) is 10.9 Å². The Morgan fingerprint density at radius 1 is 1.26 bits per heavy atom. The third-order valence-electron chi connectivity index (χ3n) is 4.91. The molecule has 0 saturated heterocycles. The molecule has 0 bridgehead atoms. The summed E-state index contributed by atoms with van der Waals surface area (Å²) in [5, 5.41) is 4.94. The van der Waals surface area contributed by atoms with E-state index < -0.39 is 12.1 Å². The molecule has 0 unspecified atom stereocenters. The van der Waals surface area contributed by atoms with Gasteiger partial charge in [-0.05, 0) is 49.2 Å². The summed E-state index contributed by atoms with van der Waals surface area (Å²) in [6, 6.07) is 12.5. The third-order valence-corrected chi connectivity index (χ3v) is 5.41. The first kappa shape index (κ1) is 22.7. The second-order valence-electron chi connectivity index (χ2n) is 7.16. The number of carbonyl (C=O) groups excluding carboxylic acids is 1. The van der Waals surface area contributed by atoms with E-state index in [1.807, 2.05) is 32.0 Å². The zero-order valence-electron chi connectivity index (χ0n) is 17.8. The van der Waals surface area contributed by atoms with Gasteiger partial charge in [-0.15, -0.1) is 0 Å². The van der Waals surface area contributed by atoms with E-state index >= 15 is 0 Å². The fourth-order valence-corrected chi connectivity index (χ4v) is 3.35. The molecule has 0 radical (unpaired) electrons. The molecule has 0 saturated carbocycles. The minimum absolute atomic E-state index is 0.0495. The van der Waals surface area contributed by atoms with E-state index in [9.17, 15) is 9.59 Å². The summed E-state index contributed by atoms with van der Waals surface area (Å²) >= 11 is 3.41. The van der Waals surface area contributed by atoms with Gasteiger partial charge in [0.25, 0.3) is 5.56 Å². The summed E-state index contributed by atoms with van der Waals surface area (Å²) in [5.74, 6) is 0.688. The number of halogens is 1. The van der Waals surface area contributed by atoms with Gasteiger partial charge in [0.15, 0.2) is 6.10 Å². The van der Waals surface area contributed by atoms with Gasteiger partial charge in [-0.25, -0.2) is 9.78 Å². The number of methoxy groups -OCH3 is 1. The third kappa shape index (κ3) is 5.19. The Labute approximate surface area is 188 Å². The normalized spacial score (nSPS) is 13.3. The number of carbonyl (C=O) groups is 1. The van der Waals surface area contributed by atoms with E-state index in [1.165, 1.54) is 11.8 Å². The number of esters is 1. The summed E-state index contributed by atoms with van der Waals surface area (Å²) in [6.07, 6.45) is 1.66. The second kappa shape index (κ2) is 9.87. The van der Waals surface area contributed by atoms with Crippen molar-refractivity contribution in [2.45, 2.75) is 39.2 Å². The van der Waals surface area contributed by atoms with Crippen molar-refractivity contribution < 1.29 is 14.3 Å². The maximum absolute atomic E-state index is 13.2. The number of ether oxygens (including phenoxy) is 2. The van der Waals surface area contributed by atoms with Gasteiger partial charge >= 0.3 is 5.97 Å². The summed E-state index contributed by atoms with van der Waals surface area (Å²) in [4.78, 5) is 29.5. The van der Waals surface area contributed by atoms with Crippen molar-refractivity contribution in [3.63, 3.8) is 0 Å². The lowest BCUT2D eigenvalue weighted by Crippen LogP contribution is -2.25. The zero-order valence-corrected chi connectivity index (χ0v) is 19.4. The Kier molecular flexibility index (Phi) is 7.22. The number of nitrogens with zero attached hydrogens (tertiary/aromatic N) is 3. The zero-order chi connectivity index (χ0) is 22.5. The Hall–Kier alpha value is -3.00. The van der Waals surface area contributed by atoms with Crippen LogP contribution in [0.2, 0.25) is 0 Å². The molecule has 2 atom stereocenters. The Morgan fingerprint density at radius 3 is 2.74 bits per heavy atom. The van der Waals surface area contributed by atoms with Gasteiger partial charge in [-0.3, -0.25) is 4.79 Å². The molecule has 2 aromatic carbocycles. The summed E-state index contributed by atoms with van der Waals surface area (Å²) in [5.41, 5.74) is 1.12. The van der Waals surface area contributed by atoms with Gasteiger partial charge in [0.1, 0.15) is 11.6 Å². The van der Waals surface area contributed by atoms with Crippen LogP contribution in [0.15, 0.2) is 56.8 Å². The Bertz CT molecular complexity index is 1190. The molecule has 1 heterocycles. The van der Waals surface area contributed by atoms with Crippen LogP contribution in [0.1, 0.15) is 44.5 Å². The predicted octanol–water partition coefficient (Wildman–Crippen LogP) is 4.50. The van der Waals surface area contributed by atoms with Crippen molar-refractivity contribution in [1.29, 1.82) is 0 Å². The molecular formula is C23H24BrN3O4. The lowest BCUT2D eigenvalue weighted by Gasteiger charge is -2.14. The molecule has 31 heavy (non-hydrogen) atoms. The van der Waals surface area contributed by atoms with Crippen LogP contribution >= 0.6 is 15.9 Å². The van der Waals surface area contributed by atoms with Gasteiger partial charge < -0.3 is 9.47 Å². The quantitative estimate of drug-likeness (QED) is 0.363. The first-order valence-electron chi connectivity index (χ1n) is 9.95. The van der Waals surface area contributed by atoms with E-state index in [4.69, 9.17) is 9.72 Å². The average Bonchev–Trinajstić information content (AvgIpc) is 2.77. The SMILES string of the molecule is CC[C@H](C)c1nc2ccc(Br)cc2c(=O)n1N=Cc1cccc(O[C@H](C)C(=O)OC)c1. The number of hydrogen-bond acceptors (Lipinski definition) is 6. The fourth-order valence-electron chi connectivity index (χ4n) is 2.99. The van der Waals surface area contributed by atoms with E-state index in [1.54, 1.807) is 37.4 Å². The van der Waals surface area contributed by atoms with E-state index in [0.29, 0.717) is 28.0 Å². The van der Waals surface area contributed by atoms with Crippen LogP contribution in [0.3, 0.4) is 0 Å². The fraction of sp³-hybridized carbons (Fsp3) is 0.304. The summed E-state index contributed by atoms with van der Waals surface area (Å²) in [6.45, 7) is 5.67. The summed E-state index contributed by atoms with van der Waals surface area (Å²) in [7, 11) is 1.31. The molecule has 3 aromatic rings. The molecular weight excluding hydrogens is 462 g/mol. The maximum Gasteiger partial charge on any atom is 0.346 e. The largest absolute Gasteiger partial charge is 0.479 e. The van der Waals surface area contributed by atoms with Gasteiger partial charge in [-0.1, -0.05) is 41.9 Å². The molecule has 0 amide bonds. The predicted molar refractivity (Wildman–Crippen MR) is 124 cm³/mol. The van der Waals surface area contributed by atoms with Crippen LogP contribution in [-0.2, 0) is 9.53 Å². The molecule has 1 aromatic heterocycles. The van der Waals surface area contributed by atoms with Crippen molar-refractivity contribution in [1.82, 2.24) is 9.66 Å². The molecule has 0 aliphatic heterocycles. The molecule has 0 aliphatic carbocycles. The number of aromatic nitrogens is 2. The monoisotopic (exact) mass is 485 g/mol. The highest BCUT2D eigenvalue weighted by molar-refractivity contribution is 9.10. The topological polar surface area (TPSA) is 82.8 Å². The standard InChI is InChI=1S/C23H24BrN3O4/c1-5-14(2)21-26-20-10-9-17(24)12-19(20)22(28)27(21)25-13-16-7-6-8-18(11-16)31-15(3)23(29)30-4/h6-15H,5H2,1-4H3/t14-,15+/m0/s1. The average molecular weight is 486 g/mol. The highest BCUT2D eigenvalue weighted by Crippen LogP contribution is 2.21. The first-order valence-corrected chi connectivity index (χ1v) is 10.7. The van der Waals surface area contributed by atoms with Crippen molar-refractivity contribution in [2.24, 2.45) is 5.10 Å². The molecule has 0 N–H and O–H groups in total. The molecule has 0 fully saturated rings. The highest BCUT2D eigenvalue weighted by atomic mass is 79.9. The Morgan fingerprint density at radius 2 is 2.03 bits per heavy atom. The Balaban J connectivity index is 2.01. The lowest BCUT2D eigenvalue weighted by molar-refractivity contribution is -0.147. The van der Waals surface area contributed by atoms with Gasteiger partial charge in [0, 0.05) is 10.4 Å². The highest BCUT2D eigenvalue weighted by Gasteiger charge is 2.16. The second-order valence-corrected chi connectivity index (χ2v) is 8.07. The van der Waals surface area contributed by atoms with Crippen molar-refractivity contribution in [3.8, 4) is 5.75 Å². The van der Waals surface area contributed by atoms with Crippen LogP contribution in [0, 0.1) is 0 Å². The van der Waals surface area contributed by atoms with Crippen LogP contribution in [0.5, 0.6) is 5.75 Å². The number of fused-ring (bicyclic) bond motifs is 1. The van der Waals surface area contributed by atoms with Crippen molar-refractivity contribution >= 4 is 39.0 Å². The number of rotatable bonds is 7. The molecule has 162 valence electrons. The van der Waals surface area contributed by atoms with Gasteiger partial charge in [-0.2, -0.15) is 9.78 Å². The minimum atomic E-state index is -0.736. The van der Waals surface area contributed by atoms with Gasteiger partial charge in [0.05, 0.1) is 24.2 Å². The van der Waals surface area contributed by atoms with Crippen LogP contribution in [-0.4, -0.2) is 35.1 Å². The van der Waals surface area contributed by atoms with Crippen molar-refractivity contribution in [3.05, 3.63) is 68.7 Å². The minimum Gasteiger partial charge on any atom is -0.479 e. The van der Waals surface area contributed by atoms with Crippen LogP contribution in [0.25, 0.3) is 10.9 Å². The van der Waals surface area contributed by atoms with Crippen LogP contribution in [0.4, 0.5) is 0 Å². The summed E-state index contributed by atoms with van der Waals surface area (Å²) < 4.78 is 12.5. The van der Waals surface area contributed by atoms with E-state index in [-0.39, 0.29) is 11.5 Å². The first-order chi connectivity index (χ1) is 14.8. The smallest absolute Gasteiger partial charge is 0.346 e. The molecule has 8 heteroatoms. The van der Waals surface area contributed by atoms with E-state index in [2.05, 4.69) is 25.8 Å². The molecule has 7 nitrogen and oxygen atoms in total. The lowest BCUT2D eigenvalue weighted by atomic mass is 10.1. The molecule has 0 spiro atoms. The number of hydrogen-bond donors (Lipinski definition) is 0. The van der Waals surface area contributed by atoms with Crippen LogP contribution < -0.4 is 10.3 Å². The molecule has 3 rings (SSSR count).